The number of carbonyl (C=O) groups excluding carboxylic acids is 2. The number of hydrogen-bond acceptors (Lipinski definition) is 8. The topological polar surface area (TPSA) is 114 Å². The first-order valence-electron chi connectivity index (χ1n) is 15.5. The summed E-state index contributed by atoms with van der Waals surface area (Å²) in [4.78, 5) is 26.5. The van der Waals surface area contributed by atoms with Crippen LogP contribution in [0.3, 0.4) is 0 Å². The van der Waals surface area contributed by atoms with Crippen LogP contribution in [0.25, 0.3) is 0 Å². The quantitative estimate of drug-likeness (QED) is 0.213. The Kier molecular flexibility index (Phi) is 12.6. The molecule has 2 amide bonds. The molecule has 2 N–H and O–H groups in total. The van der Waals surface area contributed by atoms with Gasteiger partial charge in [-0.2, -0.15) is 0 Å². The van der Waals surface area contributed by atoms with Gasteiger partial charge < -0.3 is 39.1 Å². The third-order valence-corrected chi connectivity index (χ3v) is 6.90. The van der Waals surface area contributed by atoms with E-state index in [9.17, 15) is 9.59 Å². The van der Waals surface area contributed by atoms with Crippen molar-refractivity contribution in [3.63, 3.8) is 0 Å². The minimum Gasteiger partial charge on any atom is -0.491 e. The van der Waals surface area contributed by atoms with E-state index in [1.165, 1.54) is 0 Å². The summed E-state index contributed by atoms with van der Waals surface area (Å²) in [6, 6.07) is 28.6. The first-order chi connectivity index (χ1) is 23.2. The standard InChI is InChI=1S/C37H38N2O8/c40-36-28-12-1-5-16-32(28)46-26-24-42-20-9-10-21-43-25-27-47-33-17-6-2-13-29(33)37(41)39-31-15-4-8-19-35(31)45-23-11-22-44-34-18-7-3-14-30(34)38-36/h1-10,12-19H,11,20-27H2,(H,38,40)(H,39,41)/b10-9-. The van der Waals surface area contributed by atoms with Crippen molar-refractivity contribution in [3.05, 3.63) is 120 Å². The van der Waals surface area contributed by atoms with E-state index in [4.69, 9.17) is 28.4 Å². The van der Waals surface area contributed by atoms with E-state index in [-0.39, 0.29) is 25.0 Å². The maximum atomic E-state index is 13.2. The van der Waals surface area contributed by atoms with Crippen LogP contribution in [0.5, 0.6) is 23.0 Å². The molecule has 1 aliphatic heterocycles. The smallest absolute Gasteiger partial charge is 0.259 e. The van der Waals surface area contributed by atoms with Gasteiger partial charge in [0.15, 0.2) is 0 Å². The van der Waals surface area contributed by atoms with Gasteiger partial charge in [0, 0.05) is 6.42 Å². The average Bonchev–Trinajstić information content (AvgIpc) is 3.10. The van der Waals surface area contributed by atoms with E-state index in [1.54, 1.807) is 60.7 Å². The molecular weight excluding hydrogens is 600 g/mol. The van der Waals surface area contributed by atoms with Gasteiger partial charge in [-0.25, -0.2) is 0 Å². The number of amides is 2. The van der Waals surface area contributed by atoms with Crippen molar-refractivity contribution in [1.29, 1.82) is 0 Å². The van der Waals surface area contributed by atoms with Gasteiger partial charge in [-0.05, 0) is 48.5 Å². The second-order valence-electron chi connectivity index (χ2n) is 10.3. The lowest BCUT2D eigenvalue weighted by molar-refractivity contribution is 0.0997. The molecule has 0 aliphatic carbocycles. The van der Waals surface area contributed by atoms with Gasteiger partial charge in [0.25, 0.3) is 11.8 Å². The van der Waals surface area contributed by atoms with E-state index in [0.717, 1.165) is 0 Å². The van der Waals surface area contributed by atoms with E-state index < -0.39 is 0 Å². The molecule has 1 aliphatic rings. The highest BCUT2D eigenvalue weighted by atomic mass is 16.5. The molecule has 0 unspecified atom stereocenters. The number of hydrogen-bond donors (Lipinski definition) is 2. The van der Waals surface area contributed by atoms with E-state index in [1.807, 2.05) is 48.6 Å². The molecule has 4 aromatic rings. The van der Waals surface area contributed by atoms with Crippen LogP contribution in [0.2, 0.25) is 0 Å². The summed E-state index contributed by atoms with van der Waals surface area (Å²) in [5, 5.41) is 5.88. The molecular formula is C37H38N2O8. The summed E-state index contributed by atoms with van der Waals surface area (Å²) in [5.74, 6) is 1.34. The molecule has 244 valence electrons. The third-order valence-electron chi connectivity index (χ3n) is 6.90. The predicted octanol–water partition coefficient (Wildman–Crippen LogP) is 6.40. The fraction of sp³-hybridized carbons (Fsp3) is 0.243. The summed E-state index contributed by atoms with van der Waals surface area (Å²) in [7, 11) is 0. The summed E-state index contributed by atoms with van der Waals surface area (Å²) in [6.07, 6.45) is 4.28. The first-order valence-corrected chi connectivity index (χ1v) is 15.5. The van der Waals surface area contributed by atoms with Crippen LogP contribution in [0, 0.1) is 0 Å². The molecule has 0 aromatic heterocycles. The van der Waals surface area contributed by atoms with Crippen LogP contribution in [0.1, 0.15) is 27.1 Å². The number of fused-ring (bicyclic) bond motifs is 4. The van der Waals surface area contributed by atoms with Crippen molar-refractivity contribution < 1.29 is 38.0 Å². The lowest BCUT2D eigenvalue weighted by Gasteiger charge is -2.15. The monoisotopic (exact) mass is 638 g/mol. The largest absolute Gasteiger partial charge is 0.491 e. The van der Waals surface area contributed by atoms with Gasteiger partial charge >= 0.3 is 0 Å². The summed E-state index contributed by atoms with van der Waals surface area (Å²) in [5.41, 5.74) is 1.87. The molecule has 0 atom stereocenters. The Morgan fingerprint density at radius 2 is 0.809 bits per heavy atom. The molecule has 47 heavy (non-hydrogen) atoms. The number of benzene rings is 4. The zero-order valence-electron chi connectivity index (χ0n) is 26.0. The highest BCUT2D eigenvalue weighted by molar-refractivity contribution is 6.07. The van der Waals surface area contributed by atoms with Gasteiger partial charge in [-0.1, -0.05) is 60.7 Å². The zero-order valence-corrected chi connectivity index (χ0v) is 26.0. The summed E-state index contributed by atoms with van der Waals surface area (Å²) >= 11 is 0. The van der Waals surface area contributed by atoms with E-state index in [2.05, 4.69) is 10.6 Å². The highest BCUT2D eigenvalue weighted by Crippen LogP contribution is 2.28. The van der Waals surface area contributed by atoms with Gasteiger partial charge in [0.05, 0.1) is 62.1 Å². The molecule has 0 spiro atoms. The second-order valence-corrected chi connectivity index (χ2v) is 10.3. The highest BCUT2D eigenvalue weighted by Gasteiger charge is 2.16. The van der Waals surface area contributed by atoms with Crippen molar-refractivity contribution in [2.24, 2.45) is 0 Å². The number of ether oxygens (including phenoxy) is 6. The van der Waals surface area contributed by atoms with E-state index in [0.29, 0.717) is 91.6 Å². The predicted molar refractivity (Wildman–Crippen MR) is 179 cm³/mol. The normalized spacial score (nSPS) is 16.4. The SMILES string of the molecule is O=C1Nc2ccccc2OCCCOc2ccccc2NC(=O)c2ccccc2OCCOC/C=C\COCCOc2ccccc21. The Morgan fingerprint density at radius 1 is 0.426 bits per heavy atom. The Hall–Kier alpha value is -5.32. The van der Waals surface area contributed by atoms with Crippen LogP contribution in [0.15, 0.2) is 109 Å². The third kappa shape index (κ3) is 10.1. The molecule has 1 heterocycles. The van der Waals surface area contributed by atoms with Gasteiger partial charge in [-0.15, -0.1) is 0 Å². The van der Waals surface area contributed by atoms with Crippen molar-refractivity contribution >= 4 is 23.2 Å². The van der Waals surface area contributed by atoms with Gasteiger partial charge in [0.2, 0.25) is 0 Å². The number of rotatable bonds is 0. The fourth-order valence-corrected chi connectivity index (χ4v) is 4.61. The second kappa shape index (κ2) is 18.0. The number of para-hydroxylation sites is 6. The lowest BCUT2D eigenvalue weighted by atomic mass is 10.1. The fourth-order valence-electron chi connectivity index (χ4n) is 4.61. The lowest BCUT2D eigenvalue weighted by Crippen LogP contribution is -2.16. The van der Waals surface area contributed by atoms with Crippen LogP contribution >= 0.6 is 0 Å². The molecule has 0 bridgehead atoms. The van der Waals surface area contributed by atoms with E-state index >= 15 is 0 Å². The van der Waals surface area contributed by atoms with Crippen LogP contribution < -0.4 is 29.6 Å². The zero-order chi connectivity index (χ0) is 32.5. The minimum atomic E-state index is -0.320. The van der Waals surface area contributed by atoms with Gasteiger partial charge in [-0.3, -0.25) is 9.59 Å². The molecule has 10 nitrogen and oxygen atoms in total. The Morgan fingerprint density at radius 3 is 1.28 bits per heavy atom. The minimum absolute atomic E-state index is 0.276. The Balaban J connectivity index is 1.27. The molecule has 0 fully saturated rings. The molecule has 0 saturated carbocycles. The van der Waals surface area contributed by atoms with Crippen molar-refractivity contribution in [2.75, 3.05) is 63.5 Å². The Bertz CT molecular complexity index is 1520. The summed E-state index contributed by atoms with van der Waals surface area (Å²) in [6.45, 7) is 2.68. The summed E-state index contributed by atoms with van der Waals surface area (Å²) < 4.78 is 35.0. The van der Waals surface area contributed by atoms with Gasteiger partial charge in [0.1, 0.15) is 36.2 Å². The average molecular weight is 639 g/mol. The van der Waals surface area contributed by atoms with Crippen molar-refractivity contribution in [2.45, 2.75) is 6.42 Å². The molecule has 10 heteroatoms. The van der Waals surface area contributed by atoms with Crippen LogP contribution in [0.4, 0.5) is 11.4 Å². The number of carbonyl (C=O) groups is 2. The maximum absolute atomic E-state index is 13.2. The number of nitrogens with one attached hydrogen (secondary N) is 2. The Labute approximate surface area is 274 Å². The first kappa shape index (κ1) is 33.1. The van der Waals surface area contributed by atoms with Crippen molar-refractivity contribution in [3.8, 4) is 23.0 Å². The molecule has 0 radical (unpaired) electrons. The number of anilines is 2. The molecule has 0 saturated heterocycles. The van der Waals surface area contributed by atoms with Crippen molar-refractivity contribution in [1.82, 2.24) is 0 Å². The van der Waals surface area contributed by atoms with Crippen LogP contribution in [-0.2, 0) is 9.47 Å². The molecule has 4 aromatic carbocycles. The maximum Gasteiger partial charge on any atom is 0.259 e. The molecule has 5 rings (SSSR count). The van der Waals surface area contributed by atoms with Crippen LogP contribution in [-0.4, -0.2) is 64.7 Å².